The first kappa shape index (κ1) is 13.4. The van der Waals surface area contributed by atoms with E-state index in [4.69, 9.17) is 4.74 Å². The average Bonchev–Trinajstić information content (AvgIpc) is 3.19. The van der Waals surface area contributed by atoms with Crippen LogP contribution in [0.1, 0.15) is 5.82 Å². The van der Waals surface area contributed by atoms with Gasteiger partial charge in [-0.25, -0.2) is 4.98 Å². The molecule has 0 aliphatic carbocycles. The Kier molecular flexibility index (Phi) is 3.19. The minimum absolute atomic E-state index is 0.212. The van der Waals surface area contributed by atoms with E-state index < -0.39 is 0 Å². The lowest BCUT2D eigenvalue weighted by atomic mass is 10.1. The number of fused-ring (bicyclic) bond motifs is 1. The fourth-order valence-corrected chi connectivity index (χ4v) is 2.23. The SMILES string of the molecule is Cn1cnc(COc2nnc3cc(-c4ccccc4)cnn23)n1. The first-order valence-electron chi connectivity index (χ1n) is 7.04. The lowest BCUT2D eigenvalue weighted by molar-refractivity contribution is 0.264. The summed E-state index contributed by atoms with van der Waals surface area (Å²) in [5.74, 6) is 0.574. The molecule has 4 aromatic rings. The molecule has 3 heterocycles. The molecule has 0 aliphatic rings. The quantitative estimate of drug-likeness (QED) is 0.568. The van der Waals surface area contributed by atoms with Gasteiger partial charge in [-0.3, -0.25) is 4.68 Å². The Balaban J connectivity index is 1.60. The smallest absolute Gasteiger partial charge is 0.339 e. The van der Waals surface area contributed by atoms with Gasteiger partial charge in [0.25, 0.3) is 0 Å². The van der Waals surface area contributed by atoms with E-state index in [1.54, 1.807) is 28.8 Å². The molecule has 0 bridgehead atoms. The van der Waals surface area contributed by atoms with Crippen LogP contribution in [0, 0.1) is 0 Å². The third kappa shape index (κ3) is 2.61. The van der Waals surface area contributed by atoms with Crippen LogP contribution in [0.25, 0.3) is 16.8 Å². The molecule has 0 radical (unpaired) electrons. The second-order valence-electron chi connectivity index (χ2n) is 4.99. The number of ether oxygens (including phenoxy) is 1. The van der Waals surface area contributed by atoms with Crippen LogP contribution >= 0.6 is 0 Å². The minimum atomic E-state index is 0.212. The standard InChI is InChI=1S/C15H13N7O/c1-21-10-16-13(20-21)9-23-15-19-18-14-7-12(8-17-22(14)15)11-5-3-2-4-6-11/h2-8,10H,9H2,1H3. The Morgan fingerprint density at radius 1 is 1.09 bits per heavy atom. The van der Waals surface area contributed by atoms with Crippen molar-refractivity contribution < 1.29 is 4.74 Å². The van der Waals surface area contributed by atoms with E-state index in [1.807, 2.05) is 36.4 Å². The largest absolute Gasteiger partial charge is 0.454 e. The second kappa shape index (κ2) is 5.48. The van der Waals surface area contributed by atoms with Crippen LogP contribution in [0.5, 0.6) is 6.01 Å². The Bertz CT molecular complexity index is 945. The Labute approximate surface area is 131 Å². The lowest BCUT2D eigenvalue weighted by Gasteiger charge is -2.02. The molecule has 3 aromatic heterocycles. The molecule has 0 N–H and O–H groups in total. The third-order valence-corrected chi connectivity index (χ3v) is 3.32. The number of hydrogen-bond acceptors (Lipinski definition) is 6. The summed E-state index contributed by atoms with van der Waals surface area (Å²) < 4.78 is 8.76. The zero-order valence-electron chi connectivity index (χ0n) is 12.4. The van der Waals surface area contributed by atoms with Crippen molar-refractivity contribution in [2.75, 3.05) is 0 Å². The first-order valence-corrected chi connectivity index (χ1v) is 7.04. The molecule has 0 amide bonds. The molecule has 0 aliphatic heterocycles. The molecule has 114 valence electrons. The number of aryl methyl sites for hydroxylation is 1. The summed E-state index contributed by atoms with van der Waals surface area (Å²) in [6.45, 7) is 0.212. The molecular formula is C15H13N7O. The normalized spacial score (nSPS) is 11.0. The Morgan fingerprint density at radius 2 is 1.96 bits per heavy atom. The maximum Gasteiger partial charge on any atom is 0.339 e. The van der Waals surface area contributed by atoms with Gasteiger partial charge in [-0.05, 0) is 11.6 Å². The number of benzene rings is 1. The highest BCUT2D eigenvalue weighted by atomic mass is 16.5. The van der Waals surface area contributed by atoms with Gasteiger partial charge in [-0.1, -0.05) is 35.4 Å². The first-order chi connectivity index (χ1) is 11.3. The van der Waals surface area contributed by atoms with Crippen molar-refractivity contribution in [2.45, 2.75) is 6.61 Å². The second-order valence-corrected chi connectivity index (χ2v) is 4.99. The summed E-state index contributed by atoms with van der Waals surface area (Å²) in [6.07, 6.45) is 3.38. The zero-order chi connectivity index (χ0) is 15.6. The van der Waals surface area contributed by atoms with Crippen molar-refractivity contribution in [1.82, 2.24) is 34.6 Å². The third-order valence-electron chi connectivity index (χ3n) is 3.32. The van der Waals surface area contributed by atoms with Crippen LogP contribution in [0.15, 0.2) is 48.9 Å². The van der Waals surface area contributed by atoms with Gasteiger partial charge >= 0.3 is 6.01 Å². The van der Waals surface area contributed by atoms with Gasteiger partial charge < -0.3 is 4.74 Å². The number of hydrogen-bond donors (Lipinski definition) is 0. The van der Waals surface area contributed by atoms with Crippen molar-refractivity contribution in [3.05, 3.63) is 54.7 Å². The predicted molar refractivity (Wildman–Crippen MR) is 81.6 cm³/mol. The van der Waals surface area contributed by atoms with Crippen LogP contribution in [0.2, 0.25) is 0 Å². The molecule has 8 nitrogen and oxygen atoms in total. The fourth-order valence-electron chi connectivity index (χ4n) is 2.23. The van der Waals surface area contributed by atoms with E-state index in [2.05, 4.69) is 25.4 Å². The number of rotatable bonds is 4. The number of nitrogens with zero attached hydrogens (tertiary/aromatic N) is 7. The summed E-state index contributed by atoms with van der Waals surface area (Å²) in [5, 5.41) is 16.6. The zero-order valence-corrected chi connectivity index (χ0v) is 12.4. The van der Waals surface area contributed by atoms with Crippen molar-refractivity contribution in [3.63, 3.8) is 0 Å². The van der Waals surface area contributed by atoms with E-state index in [9.17, 15) is 0 Å². The monoisotopic (exact) mass is 307 g/mol. The summed E-state index contributed by atoms with van der Waals surface area (Å²) in [4.78, 5) is 4.10. The highest BCUT2D eigenvalue weighted by Gasteiger charge is 2.10. The molecule has 23 heavy (non-hydrogen) atoms. The average molecular weight is 307 g/mol. The van der Waals surface area contributed by atoms with Gasteiger partial charge in [0.15, 0.2) is 18.1 Å². The Hall–Kier alpha value is -3.29. The van der Waals surface area contributed by atoms with Gasteiger partial charge in [-0.15, -0.1) is 5.10 Å². The summed E-state index contributed by atoms with van der Waals surface area (Å²) in [7, 11) is 1.80. The molecular weight excluding hydrogens is 294 g/mol. The van der Waals surface area contributed by atoms with E-state index in [0.717, 1.165) is 11.1 Å². The molecule has 0 saturated carbocycles. The molecule has 4 rings (SSSR count). The van der Waals surface area contributed by atoms with Crippen LogP contribution in [0.3, 0.4) is 0 Å². The van der Waals surface area contributed by atoms with Gasteiger partial charge in [0.2, 0.25) is 0 Å². The predicted octanol–water partition coefficient (Wildman–Crippen LogP) is 1.50. The maximum atomic E-state index is 5.59. The fraction of sp³-hybridized carbons (Fsp3) is 0.133. The molecule has 8 heteroatoms. The highest BCUT2D eigenvalue weighted by Crippen LogP contribution is 2.20. The topological polar surface area (TPSA) is 83.0 Å². The van der Waals surface area contributed by atoms with E-state index in [1.165, 1.54) is 0 Å². The molecule has 0 unspecified atom stereocenters. The minimum Gasteiger partial charge on any atom is -0.454 e. The van der Waals surface area contributed by atoms with Gasteiger partial charge in [0, 0.05) is 12.6 Å². The van der Waals surface area contributed by atoms with Gasteiger partial charge in [0.1, 0.15) is 6.33 Å². The summed E-state index contributed by atoms with van der Waals surface area (Å²) in [5.41, 5.74) is 2.67. The lowest BCUT2D eigenvalue weighted by Crippen LogP contribution is -2.03. The van der Waals surface area contributed by atoms with E-state index in [0.29, 0.717) is 17.5 Å². The molecule has 0 saturated heterocycles. The van der Waals surface area contributed by atoms with Crippen LogP contribution in [0.4, 0.5) is 0 Å². The van der Waals surface area contributed by atoms with Crippen LogP contribution < -0.4 is 4.74 Å². The maximum absolute atomic E-state index is 5.59. The van der Waals surface area contributed by atoms with Crippen LogP contribution in [-0.4, -0.2) is 34.6 Å². The summed E-state index contributed by atoms with van der Waals surface area (Å²) >= 11 is 0. The van der Waals surface area contributed by atoms with Crippen molar-refractivity contribution >= 4 is 5.65 Å². The van der Waals surface area contributed by atoms with Crippen LogP contribution in [-0.2, 0) is 13.7 Å². The van der Waals surface area contributed by atoms with Gasteiger partial charge in [-0.2, -0.15) is 14.7 Å². The summed E-state index contributed by atoms with van der Waals surface area (Å²) in [6, 6.07) is 12.2. The molecule has 1 aromatic carbocycles. The van der Waals surface area contributed by atoms with Crippen molar-refractivity contribution in [2.24, 2.45) is 7.05 Å². The van der Waals surface area contributed by atoms with Gasteiger partial charge in [0.05, 0.1) is 6.20 Å². The van der Waals surface area contributed by atoms with E-state index >= 15 is 0 Å². The highest BCUT2D eigenvalue weighted by molar-refractivity contribution is 5.66. The van der Waals surface area contributed by atoms with E-state index in [-0.39, 0.29) is 6.61 Å². The molecule has 0 fully saturated rings. The molecule has 0 atom stereocenters. The number of aromatic nitrogens is 7. The van der Waals surface area contributed by atoms with Crippen molar-refractivity contribution in [3.8, 4) is 17.1 Å². The molecule has 0 spiro atoms. The Morgan fingerprint density at radius 3 is 2.74 bits per heavy atom. The van der Waals surface area contributed by atoms with Crippen molar-refractivity contribution in [1.29, 1.82) is 0 Å².